The van der Waals surface area contributed by atoms with Gasteiger partial charge in [0.15, 0.2) is 5.82 Å². The van der Waals surface area contributed by atoms with Crippen LogP contribution in [-0.4, -0.2) is 9.97 Å². The zero-order chi connectivity index (χ0) is 13.4. The zero-order valence-electron chi connectivity index (χ0n) is 11.5. The predicted octanol–water partition coefficient (Wildman–Crippen LogP) is 3.47. The van der Waals surface area contributed by atoms with Gasteiger partial charge in [-0.3, -0.25) is 0 Å². The van der Waals surface area contributed by atoms with Crippen LogP contribution in [0.2, 0.25) is 0 Å². The zero-order valence-corrected chi connectivity index (χ0v) is 11.5. The Kier molecular flexibility index (Phi) is 2.97. The van der Waals surface area contributed by atoms with Gasteiger partial charge in [0.05, 0.1) is 0 Å². The summed E-state index contributed by atoms with van der Waals surface area (Å²) in [6.45, 7) is 4.07. The lowest BCUT2D eigenvalue weighted by Crippen LogP contribution is -2.04. The molecule has 19 heavy (non-hydrogen) atoms. The molecule has 98 valence electrons. The number of anilines is 1. The van der Waals surface area contributed by atoms with Crippen LogP contribution in [-0.2, 0) is 6.42 Å². The van der Waals surface area contributed by atoms with Crippen LogP contribution in [0.3, 0.4) is 0 Å². The third-order valence-electron chi connectivity index (χ3n) is 3.82. The van der Waals surface area contributed by atoms with E-state index in [-0.39, 0.29) is 0 Å². The van der Waals surface area contributed by atoms with Crippen molar-refractivity contribution in [3.8, 4) is 11.4 Å². The highest BCUT2D eigenvalue weighted by Gasteiger charge is 2.23. The third-order valence-corrected chi connectivity index (χ3v) is 3.82. The summed E-state index contributed by atoms with van der Waals surface area (Å²) in [6.07, 6.45) is 3.53. The van der Waals surface area contributed by atoms with E-state index in [1.165, 1.54) is 18.4 Å². The van der Waals surface area contributed by atoms with Gasteiger partial charge in [-0.1, -0.05) is 31.2 Å². The van der Waals surface area contributed by atoms with Gasteiger partial charge in [-0.2, -0.15) is 0 Å². The molecular weight excluding hydrogens is 234 g/mol. The highest BCUT2D eigenvalue weighted by atomic mass is 15.0. The molecular formula is C16H19N3. The van der Waals surface area contributed by atoms with Gasteiger partial charge in [0, 0.05) is 16.8 Å². The first-order valence-electron chi connectivity index (χ1n) is 6.92. The molecule has 3 rings (SSSR count). The third kappa shape index (κ3) is 2.33. The number of aromatic nitrogens is 2. The quantitative estimate of drug-likeness (QED) is 0.911. The maximum atomic E-state index is 6.01. The Hall–Kier alpha value is -1.90. The molecule has 0 saturated heterocycles. The first-order chi connectivity index (χ1) is 9.19. The summed E-state index contributed by atoms with van der Waals surface area (Å²) < 4.78 is 0. The Morgan fingerprint density at radius 2 is 1.84 bits per heavy atom. The fourth-order valence-corrected chi connectivity index (χ4v) is 2.51. The number of nitrogens with two attached hydrogens (primary N) is 1. The Morgan fingerprint density at radius 1 is 1.16 bits per heavy atom. The van der Waals surface area contributed by atoms with Crippen molar-refractivity contribution in [2.24, 2.45) is 0 Å². The van der Waals surface area contributed by atoms with Gasteiger partial charge < -0.3 is 5.73 Å². The van der Waals surface area contributed by atoms with Crippen LogP contribution in [0.1, 0.15) is 42.5 Å². The minimum atomic E-state index is 0.608. The monoisotopic (exact) mass is 253 g/mol. The fourth-order valence-electron chi connectivity index (χ4n) is 2.51. The van der Waals surface area contributed by atoms with Crippen LogP contribution in [0.25, 0.3) is 11.4 Å². The van der Waals surface area contributed by atoms with Crippen LogP contribution in [0.5, 0.6) is 0 Å². The molecule has 2 aromatic rings. The molecule has 0 atom stereocenters. The fraction of sp³-hybridized carbons (Fsp3) is 0.375. The van der Waals surface area contributed by atoms with Crippen LogP contribution in [0.4, 0.5) is 5.82 Å². The van der Waals surface area contributed by atoms with Crippen LogP contribution >= 0.6 is 0 Å². The second kappa shape index (κ2) is 4.65. The summed E-state index contributed by atoms with van der Waals surface area (Å²) in [5.41, 5.74) is 10.5. The second-order valence-corrected chi connectivity index (χ2v) is 5.25. The number of hydrogen-bond donors (Lipinski definition) is 1. The van der Waals surface area contributed by atoms with Crippen molar-refractivity contribution in [2.75, 3.05) is 5.73 Å². The molecule has 0 amide bonds. The van der Waals surface area contributed by atoms with Gasteiger partial charge in [0.2, 0.25) is 0 Å². The van der Waals surface area contributed by atoms with Crippen LogP contribution < -0.4 is 5.73 Å². The summed E-state index contributed by atoms with van der Waals surface area (Å²) in [6, 6.07) is 8.59. The van der Waals surface area contributed by atoms with Gasteiger partial charge >= 0.3 is 0 Å². The molecule has 3 nitrogen and oxygen atoms in total. The van der Waals surface area contributed by atoms with Crippen molar-refractivity contribution < 1.29 is 0 Å². The molecule has 0 aliphatic heterocycles. The lowest BCUT2D eigenvalue weighted by molar-refractivity contribution is 1.01. The van der Waals surface area contributed by atoms with E-state index in [4.69, 9.17) is 5.73 Å². The standard InChI is InChI=1S/C16H19N3/c1-3-14-10(2)18-16(19-15(14)17)13-8-6-12(7-9-13)11-4-5-11/h6-9,11H,3-5H2,1-2H3,(H2,17,18,19). The molecule has 1 aliphatic carbocycles. The van der Waals surface area contributed by atoms with Crippen LogP contribution in [0.15, 0.2) is 24.3 Å². The van der Waals surface area contributed by atoms with Crippen molar-refractivity contribution in [2.45, 2.75) is 39.0 Å². The minimum absolute atomic E-state index is 0.608. The Bertz CT molecular complexity index is 575. The molecule has 0 unspecified atom stereocenters. The molecule has 1 saturated carbocycles. The van der Waals surface area contributed by atoms with E-state index in [9.17, 15) is 0 Å². The van der Waals surface area contributed by atoms with Gasteiger partial charge in [0.25, 0.3) is 0 Å². The topological polar surface area (TPSA) is 51.8 Å². The highest BCUT2D eigenvalue weighted by Crippen LogP contribution is 2.40. The highest BCUT2D eigenvalue weighted by molar-refractivity contribution is 5.59. The van der Waals surface area contributed by atoms with E-state index in [0.29, 0.717) is 5.82 Å². The van der Waals surface area contributed by atoms with E-state index < -0.39 is 0 Å². The van der Waals surface area contributed by atoms with Gasteiger partial charge in [0.1, 0.15) is 5.82 Å². The molecule has 0 spiro atoms. The van der Waals surface area contributed by atoms with E-state index in [2.05, 4.69) is 41.2 Å². The number of aryl methyl sites for hydroxylation is 1. The molecule has 1 aliphatic rings. The first-order valence-corrected chi connectivity index (χ1v) is 6.92. The number of hydrogen-bond acceptors (Lipinski definition) is 3. The van der Waals surface area contributed by atoms with Crippen molar-refractivity contribution >= 4 is 5.82 Å². The maximum Gasteiger partial charge on any atom is 0.161 e. The van der Waals surface area contributed by atoms with Crippen molar-refractivity contribution in [1.29, 1.82) is 0 Å². The molecule has 0 bridgehead atoms. The average Bonchev–Trinajstić information content (AvgIpc) is 3.23. The number of rotatable bonds is 3. The molecule has 1 aromatic carbocycles. The molecule has 2 N–H and O–H groups in total. The molecule has 3 heteroatoms. The largest absolute Gasteiger partial charge is 0.383 e. The smallest absolute Gasteiger partial charge is 0.161 e. The average molecular weight is 253 g/mol. The van der Waals surface area contributed by atoms with E-state index >= 15 is 0 Å². The van der Waals surface area contributed by atoms with E-state index in [1.54, 1.807) is 0 Å². The van der Waals surface area contributed by atoms with Crippen molar-refractivity contribution in [3.05, 3.63) is 41.1 Å². The Morgan fingerprint density at radius 3 is 2.37 bits per heavy atom. The maximum absolute atomic E-state index is 6.01. The Balaban J connectivity index is 1.96. The number of nitrogen functional groups attached to an aromatic ring is 1. The summed E-state index contributed by atoms with van der Waals surface area (Å²) >= 11 is 0. The lowest BCUT2D eigenvalue weighted by Gasteiger charge is -2.09. The summed E-state index contributed by atoms with van der Waals surface area (Å²) in [5.74, 6) is 2.12. The van der Waals surface area contributed by atoms with Gasteiger partial charge in [-0.05, 0) is 37.7 Å². The first kappa shape index (κ1) is 12.2. The van der Waals surface area contributed by atoms with Gasteiger partial charge in [-0.25, -0.2) is 9.97 Å². The lowest BCUT2D eigenvalue weighted by atomic mass is 10.1. The molecule has 1 fully saturated rings. The van der Waals surface area contributed by atoms with E-state index in [0.717, 1.165) is 35.0 Å². The predicted molar refractivity (Wildman–Crippen MR) is 78.0 cm³/mol. The second-order valence-electron chi connectivity index (χ2n) is 5.25. The molecule has 1 aromatic heterocycles. The number of nitrogens with zero attached hydrogens (tertiary/aromatic N) is 2. The minimum Gasteiger partial charge on any atom is -0.383 e. The van der Waals surface area contributed by atoms with Crippen LogP contribution in [0, 0.1) is 6.92 Å². The summed E-state index contributed by atoms with van der Waals surface area (Å²) in [4.78, 5) is 9.01. The molecule has 0 radical (unpaired) electrons. The normalized spacial score (nSPS) is 14.6. The van der Waals surface area contributed by atoms with Crippen molar-refractivity contribution in [1.82, 2.24) is 9.97 Å². The number of benzene rings is 1. The van der Waals surface area contributed by atoms with Crippen molar-refractivity contribution in [3.63, 3.8) is 0 Å². The SMILES string of the molecule is CCc1c(C)nc(-c2ccc(C3CC3)cc2)nc1N. The van der Waals surface area contributed by atoms with Gasteiger partial charge in [-0.15, -0.1) is 0 Å². The Labute approximate surface area is 113 Å². The summed E-state index contributed by atoms with van der Waals surface area (Å²) in [7, 11) is 0. The summed E-state index contributed by atoms with van der Waals surface area (Å²) in [5, 5.41) is 0. The van der Waals surface area contributed by atoms with E-state index in [1.807, 2.05) is 6.92 Å². The molecule has 1 heterocycles.